The standard InChI is InChI=1S/C21H23NO5/c1-4-14(20(23)15-6-7-17(25-5-2)16(22)11-15)8-13-9-18(24-3)21-19(10-13)26-12-27-21/h6-11H,4-5,12,22H2,1-3H3. The number of hydrogen-bond donors (Lipinski definition) is 1. The zero-order valence-electron chi connectivity index (χ0n) is 15.7. The number of anilines is 1. The molecule has 2 aromatic rings. The Labute approximate surface area is 158 Å². The summed E-state index contributed by atoms with van der Waals surface area (Å²) >= 11 is 0. The number of methoxy groups -OCH3 is 1. The predicted molar refractivity (Wildman–Crippen MR) is 104 cm³/mol. The van der Waals surface area contributed by atoms with E-state index in [1.165, 1.54) is 0 Å². The van der Waals surface area contributed by atoms with Gasteiger partial charge in [0, 0.05) is 11.1 Å². The van der Waals surface area contributed by atoms with Crippen molar-refractivity contribution < 1.29 is 23.7 Å². The SMILES string of the molecule is CCOc1ccc(C(=O)C(=Cc2cc(OC)c3c(c2)OCO3)CC)cc1N. The summed E-state index contributed by atoms with van der Waals surface area (Å²) in [5.74, 6) is 2.26. The van der Waals surface area contributed by atoms with E-state index in [2.05, 4.69) is 0 Å². The summed E-state index contributed by atoms with van der Waals surface area (Å²) in [7, 11) is 1.57. The molecular formula is C21H23NO5. The number of carbonyl (C=O) groups excluding carboxylic acids is 1. The summed E-state index contributed by atoms with van der Waals surface area (Å²) in [5, 5.41) is 0. The monoisotopic (exact) mass is 369 g/mol. The highest BCUT2D eigenvalue weighted by atomic mass is 16.7. The lowest BCUT2D eigenvalue weighted by Crippen LogP contribution is -2.05. The number of ketones is 1. The lowest BCUT2D eigenvalue weighted by atomic mass is 9.98. The van der Waals surface area contributed by atoms with Gasteiger partial charge in [-0.3, -0.25) is 4.79 Å². The van der Waals surface area contributed by atoms with Crippen LogP contribution in [0.15, 0.2) is 35.9 Å². The van der Waals surface area contributed by atoms with Gasteiger partial charge in [0.05, 0.1) is 19.4 Å². The molecule has 0 saturated heterocycles. The Hall–Kier alpha value is -3.15. The van der Waals surface area contributed by atoms with E-state index in [1.54, 1.807) is 25.3 Å². The number of ether oxygens (including phenoxy) is 4. The van der Waals surface area contributed by atoms with Crippen LogP contribution in [0.2, 0.25) is 0 Å². The summed E-state index contributed by atoms with van der Waals surface area (Å²) in [6.45, 7) is 4.50. The van der Waals surface area contributed by atoms with Crippen molar-refractivity contribution in [3.05, 3.63) is 47.0 Å². The first-order chi connectivity index (χ1) is 13.1. The van der Waals surface area contributed by atoms with E-state index in [0.29, 0.717) is 52.8 Å². The van der Waals surface area contributed by atoms with Crippen molar-refractivity contribution in [2.24, 2.45) is 0 Å². The maximum Gasteiger partial charge on any atom is 0.231 e. The number of allylic oxidation sites excluding steroid dienone is 1. The van der Waals surface area contributed by atoms with Crippen LogP contribution in [0.3, 0.4) is 0 Å². The summed E-state index contributed by atoms with van der Waals surface area (Å²) in [6, 6.07) is 8.76. The lowest BCUT2D eigenvalue weighted by Gasteiger charge is -2.10. The maximum absolute atomic E-state index is 12.9. The number of carbonyl (C=O) groups is 1. The van der Waals surface area contributed by atoms with Crippen LogP contribution >= 0.6 is 0 Å². The third kappa shape index (κ3) is 3.84. The van der Waals surface area contributed by atoms with E-state index >= 15 is 0 Å². The van der Waals surface area contributed by atoms with Gasteiger partial charge in [0.2, 0.25) is 12.5 Å². The number of hydrogen-bond acceptors (Lipinski definition) is 6. The largest absolute Gasteiger partial charge is 0.493 e. The fourth-order valence-corrected chi connectivity index (χ4v) is 2.92. The molecule has 1 aliphatic heterocycles. The zero-order valence-corrected chi connectivity index (χ0v) is 15.7. The van der Waals surface area contributed by atoms with E-state index < -0.39 is 0 Å². The van der Waals surface area contributed by atoms with Crippen molar-refractivity contribution >= 4 is 17.5 Å². The lowest BCUT2D eigenvalue weighted by molar-refractivity contribution is 0.103. The fraction of sp³-hybridized carbons (Fsp3) is 0.286. The molecule has 0 bridgehead atoms. The van der Waals surface area contributed by atoms with Gasteiger partial charge in [0.15, 0.2) is 17.3 Å². The van der Waals surface area contributed by atoms with Gasteiger partial charge in [-0.2, -0.15) is 0 Å². The van der Waals surface area contributed by atoms with Crippen LogP contribution in [-0.2, 0) is 0 Å². The van der Waals surface area contributed by atoms with Gasteiger partial charge in [-0.25, -0.2) is 0 Å². The van der Waals surface area contributed by atoms with Gasteiger partial charge in [0.1, 0.15) is 5.75 Å². The second kappa shape index (κ2) is 8.03. The van der Waals surface area contributed by atoms with Crippen molar-refractivity contribution in [2.45, 2.75) is 20.3 Å². The highest BCUT2D eigenvalue weighted by Gasteiger charge is 2.20. The summed E-state index contributed by atoms with van der Waals surface area (Å²) in [6.07, 6.45) is 2.40. The van der Waals surface area contributed by atoms with Crippen LogP contribution in [0.4, 0.5) is 5.69 Å². The van der Waals surface area contributed by atoms with Crippen molar-refractivity contribution in [3.8, 4) is 23.0 Å². The second-order valence-corrected chi connectivity index (χ2v) is 5.99. The molecule has 0 radical (unpaired) electrons. The Morgan fingerprint density at radius 3 is 2.67 bits per heavy atom. The molecule has 142 valence electrons. The molecule has 1 aliphatic rings. The Morgan fingerprint density at radius 2 is 2.00 bits per heavy atom. The Balaban J connectivity index is 1.93. The van der Waals surface area contributed by atoms with E-state index in [9.17, 15) is 4.79 Å². The molecule has 0 atom stereocenters. The topological polar surface area (TPSA) is 80.0 Å². The molecule has 2 N–H and O–H groups in total. The van der Waals surface area contributed by atoms with Crippen molar-refractivity contribution in [1.29, 1.82) is 0 Å². The van der Waals surface area contributed by atoms with Gasteiger partial charge in [-0.05, 0) is 55.3 Å². The molecule has 0 spiro atoms. The number of nitrogen functional groups attached to an aromatic ring is 1. The molecule has 0 unspecified atom stereocenters. The zero-order chi connectivity index (χ0) is 19.4. The Bertz CT molecular complexity index is 888. The first kappa shape index (κ1) is 18.6. The number of rotatable bonds is 7. The van der Waals surface area contributed by atoms with Gasteiger partial charge in [0.25, 0.3) is 0 Å². The normalized spacial score (nSPS) is 12.8. The molecule has 6 heteroatoms. The van der Waals surface area contributed by atoms with Crippen LogP contribution in [0.5, 0.6) is 23.0 Å². The van der Waals surface area contributed by atoms with Gasteiger partial charge >= 0.3 is 0 Å². The summed E-state index contributed by atoms with van der Waals surface area (Å²) in [4.78, 5) is 12.9. The first-order valence-electron chi connectivity index (χ1n) is 8.82. The van der Waals surface area contributed by atoms with Crippen molar-refractivity contribution in [1.82, 2.24) is 0 Å². The summed E-state index contributed by atoms with van der Waals surface area (Å²) < 4.78 is 21.6. The van der Waals surface area contributed by atoms with E-state index in [1.807, 2.05) is 32.1 Å². The van der Waals surface area contributed by atoms with Gasteiger partial charge in [-0.15, -0.1) is 0 Å². The Morgan fingerprint density at radius 1 is 1.19 bits per heavy atom. The molecular weight excluding hydrogens is 346 g/mol. The number of nitrogens with two attached hydrogens (primary N) is 1. The molecule has 2 aromatic carbocycles. The maximum atomic E-state index is 12.9. The van der Waals surface area contributed by atoms with Crippen LogP contribution in [0.25, 0.3) is 6.08 Å². The first-order valence-corrected chi connectivity index (χ1v) is 8.82. The van der Waals surface area contributed by atoms with E-state index in [4.69, 9.17) is 24.7 Å². The van der Waals surface area contributed by atoms with Crippen LogP contribution < -0.4 is 24.7 Å². The minimum atomic E-state index is -0.0797. The van der Waals surface area contributed by atoms with Crippen LogP contribution in [0, 0.1) is 0 Å². The minimum absolute atomic E-state index is 0.0797. The minimum Gasteiger partial charge on any atom is -0.493 e. The summed E-state index contributed by atoms with van der Waals surface area (Å²) in [5.41, 5.74) is 8.43. The Kier molecular flexibility index (Phi) is 5.54. The van der Waals surface area contributed by atoms with Crippen LogP contribution in [0.1, 0.15) is 36.2 Å². The van der Waals surface area contributed by atoms with Crippen molar-refractivity contribution in [3.63, 3.8) is 0 Å². The quantitative estimate of drug-likeness (QED) is 0.450. The van der Waals surface area contributed by atoms with Gasteiger partial charge < -0.3 is 24.7 Å². The second-order valence-electron chi connectivity index (χ2n) is 5.99. The molecule has 0 fully saturated rings. The molecule has 0 aliphatic carbocycles. The molecule has 0 saturated carbocycles. The molecule has 3 rings (SSSR count). The third-order valence-electron chi connectivity index (χ3n) is 4.27. The average molecular weight is 369 g/mol. The highest BCUT2D eigenvalue weighted by Crippen LogP contribution is 2.42. The van der Waals surface area contributed by atoms with Gasteiger partial charge in [-0.1, -0.05) is 6.92 Å². The molecule has 27 heavy (non-hydrogen) atoms. The molecule has 0 amide bonds. The number of fused-ring (bicyclic) bond motifs is 1. The fourth-order valence-electron chi connectivity index (χ4n) is 2.92. The van der Waals surface area contributed by atoms with E-state index in [0.717, 1.165) is 5.56 Å². The number of Topliss-reactive ketones (excluding diaryl/α,β-unsaturated/α-hetero) is 1. The van der Waals surface area contributed by atoms with Crippen molar-refractivity contribution in [2.75, 3.05) is 26.2 Å². The smallest absolute Gasteiger partial charge is 0.231 e. The predicted octanol–water partition coefficient (Wildman–Crippen LogP) is 4.08. The molecule has 0 aromatic heterocycles. The van der Waals surface area contributed by atoms with E-state index in [-0.39, 0.29) is 12.6 Å². The average Bonchev–Trinajstić information content (AvgIpc) is 3.15. The number of benzene rings is 2. The highest BCUT2D eigenvalue weighted by molar-refractivity contribution is 6.11. The molecule has 6 nitrogen and oxygen atoms in total. The third-order valence-corrected chi connectivity index (χ3v) is 4.27. The molecule has 1 heterocycles. The van der Waals surface area contributed by atoms with Crippen LogP contribution in [-0.4, -0.2) is 26.3 Å².